The molecule has 4 aliphatic rings. The molecule has 1 spiro atoms. The van der Waals surface area contributed by atoms with Gasteiger partial charge in [0.2, 0.25) is 11.8 Å². The molecule has 3 saturated heterocycles. The maximum atomic E-state index is 13.4. The number of hydrogen-bond donors (Lipinski definition) is 1. The number of carbonyl (C=O) groups is 5. The van der Waals surface area contributed by atoms with Crippen LogP contribution in [0.2, 0.25) is 0 Å². The second-order valence-electron chi connectivity index (χ2n) is 11.0. The molecular weight excluding hydrogens is 452 g/mol. The Kier molecular flexibility index (Phi) is 5.37. The molecule has 10 nitrogen and oxygen atoms in total. The normalized spacial score (nSPS) is 23.9. The second-order valence-corrected chi connectivity index (χ2v) is 11.0. The summed E-state index contributed by atoms with van der Waals surface area (Å²) in [6.45, 7) is 8.26. The van der Waals surface area contributed by atoms with Crippen molar-refractivity contribution in [3.8, 4) is 0 Å². The van der Waals surface area contributed by atoms with Gasteiger partial charge in [-0.2, -0.15) is 0 Å². The minimum absolute atomic E-state index is 0.0518. The van der Waals surface area contributed by atoms with E-state index >= 15 is 0 Å². The topological polar surface area (TPSA) is 116 Å². The molecule has 1 N–H and O–H groups in total. The number of piperidine rings is 2. The van der Waals surface area contributed by atoms with Gasteiger partial charge >= 0.3 is 6.09 Å². The third-order valence-electron chi connectivity index (χ3n) is 7.32. The zero-order valence-corrected chi connectivity index (χ0v) is 20.3. The third kappa shape index (κ3) is 4.04. The van der Waals surface area contributed by atoms with Crippen molar-refractivity contribution in [1.29, 1.82) is 0 Å². The summed E-state index contributed by atoms with van der Waals surface area (Å²) >= 11 is 0. The van der Waals surface area contributed by atoms with E-state index in [2.05, 4.69) is 10.2 Å². The summed E-state index contributed by atoms with van der Waals surface area (Å²) in [5.41, 5.74) is 0.826. The number of fused-ring (bicyclic) bond motifs is 1. The Morgan fingerprint density at radius 1 is 1.06 bits per heavy atom. The average Bonchev–Trinajstić information content (AvgIpc) is 3.02. The Balaban J connectivity index is 1.27. The average molecular weight is 483 g/mol. The Labute approximate surface area is 203 Å². The predicted octanol–water partition coefficient (Wildman–Crippen LogP) is 1.93. The van der Waals surface area contributed by atoms with Gasteiger partial charge in [0.05, 0.1) is 16.8 Å². The summed E-state index contributed by atoms with van der Waals surface area (Å²) in [5.74, 6) is -2.00. The minimum atomic E-state index is -0.979. The van der Waals surface area contributed by atoms with E-state index in [9.17, 15) is 24.0 Å². The zero-order chi connectivity index (χ0) is 25.1. The first-order valence-electron chi connectivity index (χ1n) is 12.1. The van der Waals surface area contributed by atoms with E-state index < -0.39 is 35.3 Å². The first-order chi connectivity index (χ1) is 16.5. The van der Waals surface area contributed by atoms with Crippen molar-refractivity contribution >= 4 is 35.4 Å². The molecule has 5 amide bonds. The fourth-order valence-corrected chi connectivity index (χ4v) is 5.50. The smallest absolute Gasteiger partial charge is 0.410 e. The molecule has 0 aromatic heterocycles. The monoisotopic (exact) mass is 482 g/mol. The summed E-state index contributed by atoms with van der Waals surface area (Å²) in [7, 11) is 0. The highest BCUT2D eigenvalue weighted by molar-refractivity contribution is 6.25. The number of amides is 5. The van der Waals surface area contributed by atoms with E-state index in [4.69, 9.17) is 4.74 Å². The van der Waals surface area contributed by atoms with Crippen LogP contribution >= 0.6 is 0 Å². The Bertz CT molecular complexity index is 1120. The largest absolute Gasteiger partial charge is 0.444 e. The molecule has 3 fully saturated rings. The van der Waals surface area contributed by atoms with Crippen molar-refractivity contribution in [2.45, 2.75) is 58.1 Å². The number of hydrogen-bond acceptors (Lipinski definition) is 7. The Morgan fingerprint density at radius 2 is 1.74 bits per heavy atom. The molecule has 0 bridgehead atoms. The van der Waals surface area contributed by atoms with E-state index in [1.165, 1.54) is 0 Å². The van der Waals surface area contributed by atoms with E-state index in [0.717, 1.165) is 30.8 Å². The molecule has 0 radical (unpaired) electrons. The van der Waals surface area contributed by atoms with Crippen LogP contribution in [0.3, 0.4) is 0 Å². The first kappa shape index (κ1) is 23.3. The molecule has 0 aliphatic carbocycles. The number of ether oxygens (including phenoxy) is 1. The van der Waals surface area contributed by atoms with Crippen molar-refractivity contribution in [3.05, 3.63) is 29.3 Å². The van der Waals surface area contributed by atoms with Crippen molar-refractivity contribution < 1.29 is 28.7 Å². The summed E-state index contributed by atoms with van der Waals surface area (Å²) in [4.78, 5) is 67.5. The summed E-state index contributed by atoms with van der Waals surface area (Å²) < 4.78 is 5.49. The van der Waals surface area contributed by atoms with Gasteiger partial charge < -0.3 is 14.5 Å². The minimum Gasteiger partial charge on any atom is -0.444 e. The summed E-state index contributed by atoms with van der Waals surface area (Å²) in [5, 5.41) is 2.23. The number of nitrogens with one attached hydrogen (secondary N) is 1. The number of nitrogens with zero attached hydrogens (tertiary/aromatic N) is 3. The van der Waals surface area contributed by atoms with Gasteiger partial charge in [0.1, 0.15) is 11.6 Å². The van der Waals surface area contributed by atoms with E-state index in [-0.39, 0.29) is 29.9 Å². The van der Waals surface area contributed by atoms with Crippen LogP contribution in [0.15, 0.2) is 18.2 Å². The van der Waals surface area contributed by atoms with Crippen molar-refractivity contribution in [2.75, 3.05) is 31.1 Å². The highest BCUT2D eigenvalue weighted by atomic mass is 16.6. The number of benzene rings is 1. The second kappa shape index (κ2) is 8.07. The van der Waals surface area contributed by atoms with Gasteiger partial charge in [-0.15, -0.1) is 0 Å². The van der Waals surface area contributed by atoms with Crippen LogP contribution in [0.4, 0.5) is 10.5 Å². The molecule has 4 heterocycles. The molecule has 1 atom stereocenters. The molecular formula is C25H30N4O6. The molecule has 186 valence electrons. The van der Waals surface area contributed by atoms with Crippen LogP contribution in [0.5, 0.6) is 0 Å². The van der Waals surface area contributed by atoms with Gasteiger partial charge in [-0.25, -0.2) is 4.79 Å². The summed E-state index contributed by atoms with van der Waals surface area (Å²) in [6, 6.07) is 4.22. The Morgan fingerprint density at radius 3 is 2.37 bits per heavy atom. The van der Waals surface area contributed by atoms with Gasteiger partial charge in [-0.3, -0.25) is 29.4 Å². The highest BCUT2D eigenvalue weighted by Gasteiger charge is 2.50. The van der Waals surface area contributed by atoms with Crippen molar-refractivity contribution in [1.82, 2.24) is 15.1 Å². The molecule has 0 saturated carbocycles. The quantitative estimate of drug-likeness (QED) is 0.640. The lowest BCUT2D eigenvalue weighted by Gasteiger charge is -2.55. The fraction of sp³-hybridized carbons (Fsp3) is 0.560. The molecule has 4 aliphatic heterocycles. The lowest BCUT2D eigenvalue weighted by Crippen LogP contribution is -2.61. The van der Waals surface area contributed by atoms with Gasteiger partial charge in [0.15, 0.2) is 0 Å². The lowest BCUT2D eigenvalue weighted by atomic mass is 9.71. The number of rotatable bonds is 2. The van der Waals surface area contributed by atoms with Crippen LogP contribution in [0.25, 0.3) is 0 Å². The number of imide groups is 2. The zero-order valence-electron chi connectivity index (χ0n) is 20.3. The predicted molar refractivity (Wildman–Crippen MR) is 125 cm³/mol. The van der Waals surface area contributed by atoms with Crippen LogP contribution in [0.1, 0.15) is 67.2 Å². The Hall–Kier alpha value is -3.43. The highest BCUT2D eigenvalue weighted by Crippen LogP contribution is 2.45. The molecule has 35 heavy (non-hydrogen) atoms. The standard InChI is InChI=1S/C25H30N4O6/c1-24(2,3)35-23(34)27-11-9-25(10-12-27)13-28(14-25)16-6-4-5-15-19(16)22(33)29(21(15)32)17-7-8-18(30)26-20(17)31/h4-6,17H,7-14H2,1-3H3,(H,26,30,31). The third-order valence-corrected chi connectivity index (χ3v) is 7.32. The SMILES string of the molecule is CC(C)(C)OC(=O)N1CCC2(CC1)CN(c1cccc3c1C(=O)N(C1CCC(=O)NC1=O)C3=O)C2. The van der Waals surface area contributed by atoms with Crippen molar-refractivity contribution in [3.63, 3.8) is 0 Å². The van der Waals surface area contributed by atoms with Crippen molar-refractivity contribution in [2.24, 2.45) is 5.41 Å². The van der Waals surface area contributed by atoms with Gasteiger partial charge in [-0.1, -0.05) is 6.07 Å². The molecule has 5 rings (SSSR count). The number of likely N-dealkylation sites (tertiary alicyclic amines) is 1. The van der Waals surface area contributed by atoms with Crippen LogP contribution < -0.4 is 10.2 Å². The molecule has 1 unspecified atom stereocenters. The molecule has 1 aromatic rings. The van der Waals surface area contributed by atoms with E-state index in [1.54, 1.807) is 17.0 Å². The lowest BCUT2D eigenvalue weighted by molar-refractivity contribution is -0.136. The van der Waals surface area contributed by atoms with Gasteiger partial charge in [0, 0.05) is 38.0 Å². The molecule has 1 aromatic carbocycles. The van der Waals surface area contributed by atoms with Gasteiger partial charge in [-0.05, 0) is 52.2 Å². The maximum Gasteiger partial charge on any atom is 0.410 e. The first-order valence-corrected chi connectivity index (χ1v) is 12.1. The summed E-state index contributed by atoms with van der Waals surface area (Å²) in [6.07, 6.45) is 1.61. The van der Waals surface area contributed by atoms with Crippen LogP contribution in [0, 0.1) is 5.41 Å². The van der Waals surface area contributed by atoms with E-state index in [1.807, 2.05) is 26.8 Å². The maximum absolute atomic E-state index is 13.4. The van der Waals surface area contributed by atoms with E-state index in [0.29, 0.717) is 24.3 Å². The van der Waals surface area contributed by atoms with Crippen LogP contribution in [-0.2, 0) is 14.3 Å². The number of anilines is 1. The number of carbonyl (C=O) groups excluding carboxylic acids is 5. The molecule has 10 heteroatoms. The van der Waals surface area contributed by atoms with Gasteiger partial charge in [0.25, 0.3) is 11.8 Å². The van der Waals surface area contributed by atoms with Crippen LogP contribution in [-0.4, -0.2) is 77.3 Å². The fourth-order valence-electron chi connectivity index (χ4n) is 5.50.